The van der Waals surface area contributed by atoms with Gasteiger partial charge in [0.25, 0.3) is 0 Å². The summed E-state index contributed by atoms with van der Waals surface area (Å²) in [6.07, 6.45) is 4.81. The molecule has 0 bridgehead atoms. The molecule has 23 heavy (non-hydrogen) atoms. The van der Waals surface area contributed by atoms with Crippen molar-refractivity contribution >= 4 is 28.3 Å². The van der Waals surface area contributed by atoms with E-state index in [-0.39, 0.29) is 0 Å². The first kappa shape index (κ1) is 15.6. The fraction of sp³-hybridized carbons (Fsp3) is 0.211. The van der Waals surface area contributed by atoms with Crippen molar-refractivity contribution in [3.8, 4) is 11.5 Å². The lowest BCUT2D eigenvalue weighted by Crippen LogP contribution is -2.11. The van der Waals surface area contributed by atoms with Crippen molar-refractivity contribution in [3.63, 3.8) is 0 Å². The van der Waals surface area contributed by atoms with Gasteiger partial charge in [0.05, 0.1) is 7.11 Å². The normalized spacial score (nSPS) is 13.3. The molecule has 0 N–H and O–H groups in total. The van der Waals surface area contributed by atoms with Crippen LogP contribution in [0.2, 0.25) is 5.02 Å². The molecule has 1 aliphatic rings. The average Bonchev–Trinajstić information content (AvgIpc) is 2.54. The molecule has 0 heterocycles. The predicted octanol–water partition coefficient (Wildman–Crippen LogP) is 4.64. The molecule has 0 fully saturated rings. The van der Waals surface area contributed by atoms with Crippen LogP contribution in [0.1, 0.15) is 18.1 Å². The third-order valence-corrected chi connectivity index (χ3v) is 4.30. The van der Waals surface area contributed by atoms with E-state index in [0.717, 1.165) is 40.5 Å². The van der Waals surface area contributed by atoms with E-state index < -0.39 is 5.97 Å². The first-order chi connectivity index (χ1) is 11.0. The van der Waals surface area contributed by atoms with Gasteiger partial charge >= 0.3 is 5.97 Å². The molecule has 0 amide bonds. The van der Waals surface area contributed by atoms with Gasteiger partial charge in [0.1, 0.15) is 11.5 Å². The molecule has 1 aliphatic carbocycles. The lowest BCUT2D eigenvalue weighted by Gasteiger charge is -2.23. The number of benzene rings is 2. The first-order valence-corrected chi connectivity index (χ1v) is 7.73. The van der Waals surface area contributed by atoms with Crippen LogP contribution in [-0.4, -0.2) is 13.1 Å². The Morgan fingerprint density at radius 1 is 1.26 bits per heavy atom. The molecule has 118 valence electrons. The maximum Gasteiger partial charge on any atom is 0.335 e. The van der Waals surface area contributed by atoms with Crippen LogP contribution in [0.5, 0.6) is 11.5 Å². The summed E-state index contributed by atoms with van der Waals surface area (Å²) in [7, 11) is 1.65. The largest absolute Gasteiger partial charge is 0.496 e. The number of halogens is 1. The highest BCUT2D eigenvalue weighted by Crippen LogP contribution is 2.44. The number of fused-ring (bicyclic) bond motifs is 2. The number of allylic oxidation sites excluding steroid dienone is 2. The number of hydrogen-bond donors (Lipinski definition) is 0. The number of rotatable bonds is 3. The molecule has 3 nitrogen and oxygen atoms in total. The summed E-state index contributed by atoms with van der Waals surface area (Å²) in [4.78, 5) is 11.8. The Balaban J connectivity index is 2.37. The quantitative estimate of drug-likeness (QED) is 0.356. The topological polar surface area (TPSA) is 35.5 Å². The third kappa shape index (κ3) is 2.73. The second kappa shape index (κ2) is 6.09. The van der Waals surface area contributed by atoms with E-state index in [1.54, 1.807) is 13.2 Å². The summed E-state index contributed by atoms with van der Waals surface area (Å²) < 4.78 is 11.2. The highest BCUT2D eigenvalue weighted by molar-refractivity contribution is 6.31. The number of methoxy groups -OCH3 is 1. The molecule has 0 saturated heterocycles. The van der Waals surface area contributed by atoms with Crippen molar-refractivity contribution in [1.82, 2.24) is 0 Å². The van der Waals surface area contributed by atoms with Crippen molar-refractivity contribution in [3.05, 3.63) is 58.7 Å². The summed E-state index contributed by atoms with van der Waals surface area (Å²) in [5.74, 6) is 0.894. The molecule has 4 heteroatoms. The van der Waals surface area contributed by atoms with Gasteiger partial charge < -0.3 is 9.47 Å². The van der Waals surface area contributed by atoms with Gasteiger partial charge in [-0.25, -0.2) is 4.79 Å². The van der Waals surface area contributed by atoms with Crippen LogP contribution in [0.25, 0.3) is 10.8 Å². The maximum absolute atomic E-state index is 11.8. The fourth-order valence-electron chi connectivity index (χ4n) is 3.02. The summed E-state index contributed by atoms with van der Waals surface area (Å²) in [5, 5.41) is 2.27. The molecule has 3 rings (SSSR count). The Bertz CT molecular complexity index is 850. The van der Waals surface area contributed by atoms with Crippen molar-refractivity contribution in [2.24, 2.45) is 0 Å². The molecule has 0 radical (unpaired) electrons. The average molecular weight is 329 g/mol. The monoisotopic (exact) mass is 328 g/mol. The molecule has 0 aromatic heterocycles. The maximum atomic E-state index is 11.8. The van der Waals surface area contributed by atoms with Gasteiger partial charge in [-0.2, -0.15) is 0 Å². The van der Waals surface area contributed by atoms with Crippen LogP contribution in [-0.2, 0) is 17.6 Å². The summed E-state index contributed by atoms with van der Waals surface area (Å²) in [5.41, 5.74) is 3.27. The second-order valence-corrected chi connectivity index (χ2v) is 6.00. The number of ether oxygens (including phenoxy) is 2. The molecular formula is C19H17ClO3. The van der Waals surface area contributed by atoms with Crippen molar-refractivity contribution in [2.75, 3.05) is 7.11 Å². The van der Waals surface area contributed by atoms with Crippen molar-refractivity contribution < 1.29 is 14.3 Å². The van der Waals surface area contributed by atoms with Crippen molar-refractivity contribution in [2.45, 2.75) is 19.8 Å². The zero-order valence-corrected chi connectivity index (χ0v) is 13.9. The van der Waals surface area contributed by atoms with Gasteiger partial charge in [0.2, 0.25) is 0 Å². The minimum Gasteiger partial charge on any atom is -0.496 e. The molecule has 0 spiro atoms. The van der Waals surface area contributed by atoms with E-state index in [4.69, 9.17) is 21.1 Å². The molecule has 0 aliphatic heterocycles. The summed E-state index contributed by atoms with van der Waals surface area (Å²) in [6.45, 7) is 5.55. The van der Waals surface area contributed by atoms with E-state index in [9.17, 15) is 4.79 Å². The molecule has 2 aromatic rings. The zero-order valence-electron chi connectivity index (χ0n) is 13.1. The van der Waals surface area contributed by atoms with E-state index in [0.29, 0.717) is 10.8 Å². The molecule has 0 saturated carbocycles. The standard InChI is InChI=1S/C19H17ClO3/c1-4-17(21)23-19-14-8-6-12(20)10-16(14)18(22-3)13-7-5-11(2)9-15(13)19/h4-6,8,10H,1,7,9H2,2-3H3. The minimum absolute atomic E-state index is 0.471. The van der Waals surface area contributed by atoms with E-state index in [1.165, 1.54) is 11.6 Å². The van der Waals surface area contributed by atoms with Crippen LogP contribution >= 0.6 is 11.6 Å². The fourth-order valence-corrected chi connectivity index (χ4v) is 3.20. The molecular weight excluding hydrogens is 312 g/mol. The Morgan fingerprint density at radius 2 is 2.04 bits per heavy atom. The second-order valence-electron chi connectivity index (χ2n) is 5.57. The van der Waals surface area contributed by atoms with E-state index >= 15 is 0 Å². The lowest BCUT2D eigenvalue weighted by molar-refractivity contribution is -0.128. The van der Waals surface area contributed by atoms with Gasteiger partial charge in [-0.05, 0) is 38.0 Å². The Labute approximate surface area is 140 Å². The molecule has 0 atom stereocenters. The van der Waals surface area contributed by atoms with Crippen LogP contribution in [0.15, 0.2) is 42.5 Å². The van der Waals surface area contributed by atoms with Gasteiger partial charge in [-0.3, -0.25) is 0 Å². The zero-order chi connectivity index (χ0) is 16.6. The van der Waals surface area contributed by atoms with E-state index in [1.807, 2.05) is 12.1 Å². The Hall–Kier alpha value is -2.26. The van der Waals surface area contributed by atoms with E-state index in [2.05, 4.69) is 19.6 Å². The lowest BCUT2D eigenvalue weighted by atomic mass is 9.87. The number of carbonyl (C=O) groups excluding carboxylic acids is 1. The molecule has 2 aromatic carbocycles. The first-order valence-electron chi connectivity index (χ1n) is 7.36. The SMILES string of the molecule is C=CC(=O)Oc1c2c(c(OC)c3cc(Cl)ccc13)CC=C(C)C2. The van der Waals surface area contributed by atoms with Crippen LogP contribution < -0.4 is 9.47 Å². The van der Waals surface area contributed by atoms with Crippen LogP contribution in [0.4, 0.5) is 0 Å². The van der Waals surface area contributed by atoms with Gasteiger partial charge in [-0.15, -0.1) is 0 Å². The number of esters is 1. The third-order valence-electron chi connectivity index (χ3n) is 4.07. The predicted molar refractivity (Wildman–Crippen MR) is 92.5 cm³/mol. The summed E-state index contributed by atoms with van der Waals surface area (Å²) in [6, 6.07) is 5.48. The Kier molecular flexibility index (Phi) is 4.14. The Morgan fingerprint density at radius 3 is 2.74 bits per heavy atom. The minimum atomic E-state index is -0.471. The smallest absolute Gasteiger partial charge is 0.335 e. The van der Waals surface area contributed by atoms with Crippen molar-refractivity contribution in [1.29, 1.82) is 0 Å². The van der Waals surface area contributed by atoms with Crippen LogP contribution in [0.3, 0.4) is 0 Å². The number of carbonyl (C=O) groups is 1. The molecule has 0 unspecified atom stereocenters. The highest BCUT2D eigenvalue weighted by atomic mass is 35.5. The van der Waals surface area contributed by atoms with Crippen LogP contribution in [0, 0.1) is 0 Å². The van der Waals surface area contributed by atoms with Gasteiger partial charge in [-0.1, -0.05) is 29.8 Å². The van der Waals surface area contributed by atoms with Gasteiger partial charge in [0.15, 0.2) is 0 Å². The highest BCUT2D eigenvalue weighted by Gasteiger charge is 2.24. The van der Waals surface area contributed by atoms with Gasteiger partial charge in [0, 0.05) is 33.0 Å². The summed E-state index contributed by atoms with van der Waals surface area (Å²) >= 11 is 6.15. The number of hydrogen-bond acceptors (Lipinski definition) is 3.